The van der Waals surface area contributed by atoms with Crippen LogP contribution in [0.5, 0.6) is 0 Å². The molecule has 2 aromatic heterocycles. The summed E-state index contributed by atoms with van der Waals surface area (Å²) >= 11 is 0. The lowest BCUT2D eigenvalue weighted by Gasteiger charge is -2.40. The van der Waals surface area contributed by atoms with Crippen LogP contribution in [-0.4, -0.2) is 64.3 Å². The van der Waals surface area contributed by atoms with Crippen molar-refractivity contribution in [1.29, 1.82) is 0 Å². The minimum absolute atomic E-state index is 0.0507. The van der Waals surface area contributed by atoms with E-state index in [4.69, 9.17) is 4.74 Å². The summed E-state index contributed by atoms with van der Waals surface area (Å²) in [5, 5.41) is 4.78. The highest BCUT2D eigenvalue weighted by Crippen LogP contribution is 2.40. The minimum atomic E-state index is -0.537. The van der Waals surface area contributed by atoms with Gasteiger partial charge in [-0.05, 0) is 121 Å². The van der Waals surface area contributed by atoms with E-state index in [9.17, 15) is 23.2 Å². The van der Waals surface area contributed by atoms with E-state index in [0.29, 0.717) is 42.7 Å². The van der Waals surface area contributed by atoms with Crippen LogP contribution in [0.2, 0.25) is 0 Å². The number of piperidine rings is 2. The SMILES string of the molecule is CCCC1(C(=O)c2cc3cc(F)ccc3[nH]2)CCN(C(=O)OC(C)(C)C)CC1.CCCC1(C(=O)c2cc3cc(F)ccc3[nH]2)CCNCC1. The fraction of sp³-hybridized carbons (Fsp3) is 0.513. The van der Waals surface area contributed by atoms with Gasteiger partial charge in [0.2, 0.25) is 0 Å². The highest BCUT2D eigenvalue weighted by molar-refractivity contribution is 6.03. The number of ketones is 2. The Bertz CT molecular complexity index is 1780. The Balaban J connectivity index is 0.000000199. The van der Waals surface area contributed by atoms with E-state index >= 15 is 0 Å². The zero-order valence-corrected chi connectivity index (χ0v) is 29.4. The van der Waals surface area contributed by atoms with Gasteiger partial charge in [0.25, 0.3) is 0 Å². The normalized spacial score (nSPS) is 17.4. The number of carbonyl (C=O) groups excluding carboxylic acids is 3. The van der Waals surface area contributed by atoms with Crippen molar-refractivity contribution in [2.75, 3.05) is 26.2 Å². The number of ether oxygens (including phenoxy) is 1. The van der Waals surface area contributed by atoms with Crippen LogP contribution in [0.25, 0.3) is 21.8 Å². The van der Waals surface area contributed by atoms with Crippen LogP contribution in [0.15, 0.2) is 48.5 Å². The molecular formula is C39H50F2N4O4. The molecule has 0 radical (unpaired) electrons. The zero-order valence-electron chi connectivity index (χ0n) is 29.4. The molecule has 0 aliphatic carbocycles. The lowest BCUT2D eigenvalue weighted by molar-refractivity contribution is 0.00936. The fourth-order valence-electron chi connectivity index (χ4n) is 7.51. The second kappa shape index (κ2) is 14.8. The summed E-state index contributed by atoms with van der Waals surface area (Å²) in [7, 11) is 0. The summed E-state index contributed by atoms with van der Waals surface area (Å²) in [6.45, 7) is 12.5. The molecule has 2 fully saturated rings. The van der Waals surface area contributed by atoms with Crippen LogP contribution in [0.3, 0.4) is 0 Å². The van der Waals surface area contributed by atoms with Crippen LogP contribution in [0.1, 0.15) is 107 Å². The first kappa shape index (κ1) is 36.2. The summed E-state index contributed by atoms with van der Waals surface area (Å²) < 4.78 is 32.2. The Hall–Kier alpha value is -4.05. The highest BCUT2D eigenvalue weighted by Gasteiger charge is 2.43. The zero-order chi connectivity index (χ0) is 35.4. The lowest BCUT2D eigenvalue weighted by atomic mass is 9.71. The molecule has 4 heterocycles. The molecule has 3 N–H and O–H groups in total. The highest BCUT2D eigenvalue weighted by atomic mass is 19.1. The van der Waals surface area contributed by atoms with Crippen molar-refractivity contribution in [1.82, 2.24) is 20.2 Å². The molecule has 4 aromatic rings. The maximum Gasteiger partial charge on any atom is 0.410 e. The van der Waals surface area contributed by atoms with Gasteiger partial charge in [0.05, 0.1) is 11.4 Å². The number of amides is 1. The summed E-state index contributed by atoms with van der Waals surface area (Å²) in [5.41, 5.74) is 1.39. The molecule has 0 saturated carbocycles. The number of Topliss-reactive ketones (excluding diaryl/α,β-unsaturated/α-hetero) is 2. The molecule has 1 amide bonds. The van der Waals surface area contributed by atoms with Gasteiger partial charge in [0.1, 0.15) is 17.2 Å². The Morgan fingerprint density at radius 3 is 1.61 bits per heavy atom. The molecule has 0 bridgehead atoms. The van der Waals surface area contributed by atoms with Crippen LogP contribution in [0, 0.1) is 22.5 Å². The summed E-state index contributed by atoms with van der Waals surface area (Å²) in [5.74, 6) is -0.359. The number of aromatic amines is 2. The number of nitrogens with zero attached hydrogens (tertiary/aromatic N) is 1. The number of nitrogens with one attached hydrogen (secondary N) is 3. The average molecular weight is 677 g/mol. The van der Waals surface area contributed by atoms with Gasteiger partial charge in [-0.15, -0.1) is 0 Å². The van der Waals surface area contributed by atoms with Crippen molar-refractivity contribution in [2.45, 2.75) is 91.6 Å². The van der Waals surface area contributed by atoms with E-state index in [2.05, 4.69) is 29.1 Å². The largest absolute Gasteiger partial charge is 0.444 e. The third-order valence-corrected chi connectivity index (χ3v) is 10.0. The smallest absolute Gasteiger partial charge is 0.410 e. The first-order chi connectivity index (χ1) is 23.3. The first-order valence-electron chi connectivity index (χ1n) is 17.6. The molecule has 0 spiro atoms. The lowest BCUT2D eigenvalue weighted by Crippen LogP contribution is -2.48. The first-order valence-corrected chi connectivity index (χ1v) is 17.6. The molecule has 264 valence electrons. The van der Waals surface area contributed by atoms with E-state index in [0.717, 1.165) is 68.0 Å². The molecular weight excluding hydrogens is 626 g/mol. The molecule has 0 atom stereocenters. The molecule has 2 aliphatic heterocycles. The number of carbonyl (C=O) groups is 3. The maximum absolute atomic E-state index is 13.5. The number of hydrogen-bond acceptors (Lipinski definition) is 5. The Kier molecular flexibility index (Phi) is 11.0. The number of benzene rings is 2. The van der Waals surface area contributed by atoms with Crippen molar-refractivity contribution in [3.63, 3.8) is 0 Å². The number of H-pyrrole nitrogens is 2. The molecule has 2 saturated heterocycles. The van der Waals surface area contributed by atoms with E-state index in [1.807, 2.05) is 20.8 Å². The van der Waals surface area contributed by atoms with Crippen molar-refractivity contribution in [3.05, 3.63) is 71.6 Å². The number of rotatable bonds is 8. The molecule has 0 unspecified atom stereocenters. The second-order valence-electron chi connectivity index (χ2n) is 14.8. The molecule has 2 aromatic carbocycles. The Morgan fingerprint density at radius 2 is 1.18 bits per heavy atom. The molecule has 10 heteroatoms. The maximum atomic E-state index is 13.5. The topological polar surface area (TPSA) is 107 Å². The molecule has 2 aliphatic rings. The fourth-order valence-corrected chi connectivity index (χ4v) is 7.51. The summed E-state index contributed by atoms with van der Waals surface area (Å²) in [6.07, 6.45) is 6.19. The predicted molar refractivity (Wildman–Crippen MR) is 189 cm³/mol. The van der Waals surface area contributed by atoms with Crippen LogP contribution < -0.4 is 5.32 Å². The van der Waals surface area contributed by atoms with E-state index in [-0.39, 0.29) is 34.7 Å². The van der Waals surface area contributed by atoms with E-state index in [1.54, 1.807) is 29.2 Å². The molecule has 6 rings (SSSR count). The van der Waals surface area contributed by atoms with Crippen molar-refractivity contribution >= 4 is 39.5 Å². The van der Waals surface area contributed by atoms with Crippen LogP contribution in [-0.2, 0) is 4.74 Å². The minimum Gasteiger partial charge on any atom is -0.444 e. The standard InChI is InChI=1S/C22H29FN2O3.C17H21FN2O/c1-5-8-22(9-11-25(12-10-22)20(27)28-21(2,3)4)19(26)18-14-15-13-16(23)6-7-17(15)24-18;1-2-5-17(6-8-19-9-7-17)16(21)15-11-12-10-13(18)3-4-14(12)20-15/h6-7,13-14,24H,5,8-12H2,1-4H3;3-4,10-11,19-20H,2,5-9H2,1H3. The number of hydrogen-bond donors (Lipinski definition) is 3. The number of aromatic nitrogens is 2. The molecule has 49 heavy (non-hydrogen) atoms. The van der Waals surface area contributed by atoms with Gasteiger partial charge in [-0.3, -0.25) is 9.59 Å². The Morgan fingerprint density at radius 1 is 0.735 bits per heavy atom. The van der Waals surface area contributed by atoms with Crippen LogP contribution in [0.4, 0.5) is 13.6 Å². The molecule has 8 nitrogen and oxygen atoms in total. The quantitative estimate of drug-likeness (QED) is 0.162. The number of fused-ring (bicyclic) bond motifs is 2. The van der Waals surface area contributed by atoms with Crippen molar-refractivity contribution in [3.8, 4) is 0 Å². The third-order valence-electron chi connectivity index (χ3n) is 10.0. The van der Waals surface area contributed by atoms with Gasteiger partial charge in [-0.25, -0.2) is 13.6 Å². The number of halogens is 2. The van der Waals surface area contributed by atoms with Gasteiger partial charge in [0.15, 0.2) is 11.6 Å². The monoisotopic (exact) mass is 676 g/mol. The number of likely N-dealkylation sites (tertiary alicyclic amines) is 1. The average Bonchev–Trinajstić information content (AvgIpc) is 3.68. The van der Waals surface area contributed by atoms with Crippen molar-refractivity contribution in [2.24, 2.45) is 10.8 Å². The van der Waals surface area contributed by atoms with Crippen molar-refractivity contribution < 1.29 is 27.9 Å². The van der Waals surface area contributed by atoms with Gasteiger partial charge < -0.3 is 24.9 Å². The predicted octanol–water partition coefficient (Wildman–Crippen LogP) is 8.97. The van der Waals surface area contributed by atoms with Gasteiger partial charge in [-0.2, -0.15) is 0 Å². The van der Waals surface area contributed by atoms with Gasteiger partial charge in [0, 0.05) is 45.7 Å². The van der Waals surface area contributed by atoms with Gasteiger partial charge >= 0.3 is 6.09 Å². The van der Waals surface area contributed by atoms with E-state index < -0.39 is 11.0 Å². The van der Waals surface area contributed by atoms with E-state index in [1.165, 1.54) is 24.3 Å². The van der Waals surface area contributed by atoms with Gasteiger partial charge in [-0.1, -0.05) is 26.7 Å². The second-order valence-corrected chi connectivity index (χ2v) is 14.8. The summed E-state index contributed by atoms with van der Waals surface area (Å²) in [6, 6.07) is 12.6. The third kappa shape index (κ3) is 8.23. The Labute approximate surface area is 287 Å². The van der Waals surface area contributed by atoms with Crippen LogP contribution >= 0.6 is 0 Å². The summed E-state index contributed by atoms with van der Waals surface area (Å²) in [4.78, 5) is 46.8.